The van der Waals surface area contributed by atoms with E-state index >= 15 is 0 Å². The zero-order chi connectivity index (χ0) is 15.9. The number of hydrogen-bond donors (Lipinski definition) is 1. The summed E-state index contributed by atoms with van der Waals surface area (Å²) >= 11 is 0. The average Bonchev–Trinajstić information content (AvgIpc) is 3.00. The second-order valence-corrected chi connectivity index (χ2v) is 4.04. The van der Waals surface area contributed by atoms with E-state index in [0.29, 0.717) is 5.56 Å². The van der Waals surface area contributed by atoms with Gasteiger partial charge in [-0.3, -0.25) is 0 Å². The third kappa shape index (κ3) is 3.50. The molecule has 1 aromatic heterocycles. The first-order chi connectivity index (χ1) is 10.7. The molecule has 106 valence electrons. The summed E-state index contributed by atoms with van der Waals surface area (Å²) in [6, 6.07) is 7.38. The average molecular weight is 293 g/mol. The van der Waals surface area contributed by atoms with Crippen molar-refractivity contribution in [3.8, 4) is 23.6 Å². The van der Waals surface area contributed by atoms with Crippen LogP contribution in [0.2, 0.25) is 0 Å². The number of nitriles is 2. The van der Waals surface area contributed by atoms with Crippen molar-refractivity contribution in [2.24, 2.45) is 0 Å². The Hall–Kier alpha value is -3.58. The van der Waals surface area contributed by atoms with Gasteiger partial charge in [0.25, 0.3) is 5.89 Å². The predicted octanol–water partition coefficient (Wildman–Crippen LogP) is 2.86. The van der Waals surface area contributed by atoms with E-state index in [1.807, 2.05) is 12.1 Å². The number of halogens is 1. The Bertz CT molecular complexity index is 852. The fourth-order valence-corrected chi connectivity index (χ4v) is 1.55. The van der Waals surface area contributed by atoms with Crippen LogP contribution < -0.4 is 0 Å². The molecule has 0 spiro atoms. The largest absolute Gasteiger partial charge is 0.334 e. The zero-order valence-electron chi connectivity index (χ0n) is 11.1. The summed E-state index contributed by atoms with van der Waals surface area (Å²) in [6.07, 6.45) is 5.30. The van der Waals surface area contributed by atoms with E-state index in [-0.39, 0.29) is 22.9 Å². The van der Waals surface area contributed by atoms with Crippen LogP contribution in [0.5, 0.6) is 0 Å². The van der Waals surface area contributed by atoms with E-state index in [2.05, 4.69) is 10.1 Å². The van der Waals surface area contributed by atoms with Gasteiger partial charge in [0, 0.05) is 11.8 Å². The first-order valence-corrected chi connectivity index (χ1v) is 6.00. The molecule has 0 aliphatic rings. The third-order valence-electron chi connectivity index (χ3n) is 2.52. The lowest BCUT2D eigenvalue weighted by atomic mass is 10.1. The van der Waals surface area contributed by atoms with Gasteiger partial charge in [0.15, 0.2) is 5.82 Å². The van der Waals surface area contributed by atoms with Crippen LogP contribution in [-0.4, -0.2) is 16.4 Å². The lowest BCUT2D eigenvalue weighted by molar-refractivity contribution is 0.428. The van der Waals surface area contributed by atoms with Crippen molar-refractivity contribution in [1.82, 2.24) is 10.1 Å². The zero-order valence-corrected chi connectivity index (χ0v) is 11.1. The van der Waals surface area contributed by atoms with Crippen molar-refractivity contribution in [3.63, 3.8) is 0 Å². The highest BCUT2D eigenvalue weighted by molar-refractivity contribution is 5.81. The highest BCUT2D eigenvalue weighted by Crippen LogP contribution is 2.20. The van der Waals surface area contributed by atoms with E-state index in [9.17, 15) is 4.39 Å². The maximum Gasteiger partial charge on any atom is 0.258 e. The highest BCUT2D eigenvalue weighted by atomic mass is 19.1. The molecule has 6 nitrogen and oxygen atoms in total. The molecule has 0 saturated heterocycles. The summed E-state index contributed by atoms with van der Waals surface area (Å²) < 4.78 is 18.4. The molecule has 0 aliphatic heterocycles. The van der Waals surface area contributed by atoms with E-state index in [1.165, 1.54) is 30.4 Å². The Morgan fingerprint density at radius 2 is 2.14 bits per heavy atom. The van der Waals surface area contributed by atoms with Gasteiger partial charge in [-0.25, -0.2) is 4.39 Å². The SMILES string of the molecule is N#C/C(C=N)=C/C=C/c1noc(-c2cc(F)cc(C#N)c2)n1. The second kappa shape index (κ2) is 6.73. The second-order valence-electron chi connectivity index (χ2n) is 4.04. The molecular formula is C15H8FN5O. The minimum Gasteiger partial charge on any atom is -0.334 e. The molecule has 0 saturated carbocycles. The predicted molar refractivity (Wildman–Crippen MR) is 75.9 cm³/mol. The van der Waals surface area contributed by atoms with Gasteiger partial charge in [0.2, 0.25) is 0 Å². The molecule has 7 heteroatoms. The van der Waals surface area contributed by atoms with Crippen LogP contribution in [-0.2, 0) is 0 Å². The Morgan fingerprint density at radius 1 is 1.32 bits per heavy atom. The molecule has 2 rings (SSSR count). The minimum atomic E-state index is -0.572. The number of benzene rings is 1. The summed E-state index contributed by atoms with van der Waals surface area (Å²) in [5, 5.41) is 28.1. The van der Waals surface area contributed by atoms with Gasteiger partial charge in [-0.05, 0) is 30.4 Å². The summed E-state index contributed by atoms with van der Waals surface area (Å²) in [5.41, 5.74) is 0.623. The van der Waals surface area contributed by atoms with Crippen molar-refractivity contribution in [3.05, 3.63) is 53.1 Å². The lowest BCUT2D eigenvalue weighted by Gasteiger charge is -1.95. The molecule has 1 N–H and O–H groups in total. The van der Waals surface area contributed by atoms with Crippen molar-refractivity contribution in [2.45, 2.75) is 0 Å². The van der Waals surface area contributed by atoms with Crippen LogP contribution in [0.15, 0.2) is 40.4 Å². The summed E-state index contributed by atoms with van der Waals surface area (Å²) in [6.45, 7) is 0. The standard InChI is InChI=1S/C15H8FN5O/c16-13-5-11(9-19)4-12(6-13)15-20-14(21-22-15)3-1-2-10(7-17)8-18/h1-7,17H/b3-1+,10-2+,17-7?. The molecule has 0 atom stereocenters. The van der Waals surface area contributed by atoms with Crippen LogP contribution in [0.3, 0.4) is 0 Å². The summed E-state index contributed by atoms with van der Waals surface area (Å²) in [5.74, 6) is -0.277. The number of nitrogens with zero attached hydrogens (tertiary/aromatic N) is 4. The minimum absolute atomic E-state index is 0.0761. The van der Waals surface area contributed by atoms with Gasteiger partial charge in [-0.1, -0.05) is 11.2 Å². The smallest absolute Gasteiger partial charge is 0.258 e. The third-order valence-corrected chi connectivity index (χ3v) is 2.52. The molecule has 2 aromatic rings. The molecule has 22 heavy (non-hydrogen) atoms. The lowest BCUT2D eigenvalue weighted by Crippen LogP contribution is -1.84. The van der Waals surface area contributed by atoms with Gasteiger partial charge in [0.1, 0.15) is 11.9 Å². The highest BCUT2D eigenvalue weighted by Gasteiger charge is 2.09. The quantitative estimate of drug-likeness (QED) is 0.529. The van der Waals surface area contributed by atoms with E-state index < -0.39 is 5.82 Å². The summed E-state index contributed by atoms with van der Waals surface area (Å²) in [7, 11) is 0. The Labute approximate surface area is 124 Å². The van der Waals surface area contributed by atoms with Crippen molar-refractivity contribution in [1.29, 1.82) is 15.9 Å². The van der Waals surface area contributed by atoms with Gasteiger partial charge in [0.05, 0.1) is 17.2 Å². The fourth-order valence-electron chi connectivity index (χ4n) is 1.55. The molecule has 0 amide bonds. The molecule has 1 aromatic carbocycles. The van der Waals surface area contributed by atoms with Crippen LogP contribution in [0.1, 0.15) is 11.4 Å². The van der Waals surface area contributed by atoms with Gasteiger partial charge in [-0.15, -0.1) is 0 Å². The number of nitrogens with one attached hydrogen (secondary N) is 1. The number of rotatable bonds is 4. The summed E-state index contributed by atoms with van der Waals surface area (Å²) in [4.78, 5) is 4.04. The maximum absolute atomic E-state index is 13.4. The monoisotopic (exact) mass is 293 g/mol. The molecule has 0 unspecified atom stereocenters. The van der Waals surface area contributed by atoms with E-state index in [0.717, 1.165) is 12.3 Å². The van der Waals surface area contributed by atoms with Crippen molar-refractivity contribution >= 4 is 12.3 Å². The van der Waals surface area contributed by atoms with Crippen LogP contribution in [0.4, 0.5) is 4.39 Å². The first kappa shape index (κ1) is 14.8. The molecule has 0 bridgehead atoms. The fraction of sp³-hybridized carbons (Fsp3) is 0. The molecule has 0 radical (unpaired) electrons. The normalized spacial score (nSPS) is 11.1. The van der Waals surface area contributed by atoms with Gasteiger partial charge >= 0.3 is 0 Å². The molecule has 0 aliphatic carbocycles. The Kier molecular flexibility index (Phi) is 4.53. The van der Waals surface area contributed by atoms with Crippen LogP contribution >= 0.6 is 0 Å². The number of aromatic nitrogens is 2. The van der Waals surface area contributed by atoms with E-state index in [1.54, 1.807) is 0 Å². The van der Waals surface area contributed by atoms with Crippen LogP contribution in [0.25, 0.3) is 17.5 Å². The van der Waals surface area contributed by atoms with E-state index in [4.69, 9.17) is 20.5 Å². The van der Waals surface area contributed by atoms with Crippen molar-refractivity contribution in [2.75, 3.05) is 0 Å². The van der Waals surface area contributed by atoms with Crippen LogP contribution in [0, 0.1) is 33.9 Å². The van der Waals surface area contributed by atoms with Crippen molar-refractivity contribution < 1.29 is 8.91 Å². The Balaban J connectivity index is 2.26. The molecule has 0 fully saturated rings. The number of allylic oxidation sites excluding steroid dienone is 3. The number of hydrogen-bond acceptors (Lipinski definition) is 6. The van der Waals surface area contributed by atoms with Gasteiger partial charge < -0.3 is 9.93 Å². The first-order valence-electron chi connectivity index (χ1n) is 6.00. The molecular weight excluding hydrogens is 285 g/mol. The maximum atomic E-state index is 13.4. The van der Waals surface area contributed by atoms with Gasteiger partial charge in [-0.2, -0.15) is 15.5 Å². The molecule has 1 heterocycles. The Morgan fingerprint density at radius 3 is 2.82 bits per heavy atom. The topological polar surface area (TPSA) is 110 Å².